The van der Waals surface area contributed by atoms with Crippen LogP contribution in [0.4, 0.5) is 0 Å². The number of rotatable bonds is 3. The molecule has 1 amide bonds. The molecule has 3 aliphatic rings. The molecule has 1 aliphatic heterocycles. The van der Waals surface area contributed by atoms with Crippen molar-refractivity contribution < 1.29 is 19.8 Å². The lowest BCUT2D eigenvalue weighted by atomic mass is 9.54. The number of hydrogen-bond donors (Lipinski definition) is 2. The molecule has 5 nitrogen and oxygen atoms in total. The van der Waals surface area contributed by atoms with E-state index in [1.54, 1.807) is 0 Å². The number of carbonyl (C=O) groups excluding carboxylic acids is 2. The highest BCUT2D eigenvalue weighted by Crippen LogP contribution is 2.56. The molecule has 3 rings (SSSR count). The molecule has 0 aromatic heterocycles. The van der Waals surface area contributed by atoms with Crippen molar-refractivity contribution in [2.24, 2.45) is 29.1 Å². The number of nitrogens with zero attached hydrogens (tertiary/aromatic N) is 1. The molecular formula is C22H31NO4. The number of likely N-dealkylation sites (N-methyl/N-ethyl adjacent to an activating group) is 1. The Balaban J connectivity index is 2.14. The van der Waals surface area contributed by atoms with Gasteiger partial charge >= 0.3 is 0 Å². The van der Waals surface area contributed by atoms with Crippen molar-refractivity contribution in [2.45, 2.75) is 46.1 Å². The molecule has 2 fully saturated rings. The molecule has 1 heterocycles. The Morgan fingerprint density at radius 3 is 2.63 bits per heavy atom. The number of amides is 1. The third kappa shape index (κ3) is 2.96. The standard InChI is InChI=1S/C22H31NO4/c1-5-6-15-9-8-14-11-13(2)7-10-16(14)22(15,3)20(26)18-19(25)17(12-24)23(4)21(18)27/h5-6,8-9,13-17,24,26H,7,10-12H2,1-4H3/b6-5+,20-18-/t13-,14+,15+,16-,17+,22-/m1/s1. The molecule has 148 valence electrons. The van der Waals surface area contributed by atoms with Gasteiger partial charge < -0.3 is 15.1 Å². The predicted molar refractivity (Wildman–Crippen MR) is 104 cm³/mol. The molecule has 0 radical (unpaired) electrons. The van der Waals surface area contributed by atoms with Crippen molar-refractivity contribution in [3.8, 4) is 0 Å². The van der Waals surface area contributed by atoms with Gasteiger partial charge in [-0.15, -0.1) is 0 Å². The number of aliphatic hydroxyl groups excluding tert-OH is 2. The minimum Gasteiger partial charge on any atom is -0.511 e. The smallest absolute Gasteiger partial charge is 0.261 e. The van der Waals surface area contributed by atoms with Crippen LogP contribution in [0.15, 0.2) is 35.6 Å². The number of Topliss-reactive ketones (excluding diaryl/α,β-unsaturated/α-hetero) is 1. The van der Waals surface area contributed by atoms with Gasteiger partial charge in [0, 0.05) is 18.4 Å². The molecule has 1 saturated heterocycles. The fraction of sp³-hybridized carbons (Fsp3) is 0.636. The minimum absolute atomic E-state index is 0.0799. The summed E-state index contributed by atoms with van der Waals surface area (Å²) in [4.78, 5) is 26.7. The lowest BCUT2D eigenvalue weighted by Gasteiger charge is -2.50. The molecular weight excluding hydrogens is 342 g/mol. The Bertz CT molecular complexity index is 722. The van der Waals surface area contributed by atoms with Crippen LogP contribution in [0.2, 0.25) is 0 Å². The van der Waals surface area contributed by atoms with E-state index in [-0.39, 0.29) is 23.2 Å². The summed E-state index contributed by atoms with van der Waals surface area (Å²) in [6.07, 6.45) is 11.5. The van der Waals surface area contributed by atoms with Crippen LogP contribution in [0.1, 0.15) is 40.0 Å². The Kier molecular flexibility index (Phi) is 5.35. The first kappa shape index (κ1) is 19.9. The molecule has 0 aromatic rings. The van der Waals surface area contributed by atoms with Gasteiger partial charge in [-0.2, -0.15) is 0 Å². The van der Waals surface area contributed by atoms with Gasteiger partial charge in [0.05, 0.1) is 6.61 Å². The van der Waals surface area contributed by atoms with Crippen LogP contribution in [0, 0.1) is 29.1 Å². The number of likely N-dealkylation sites (tertiary alicyclic amines) is 1. The summed E-state index contributed by atoms with van der Waals surface area (Å²) in [6.45, 7) is 5.75. The fourth-order valence-electron chi connectivity index (χ4n) is 5.35. The molecule has 2 N–H and O–H groups in total. The zero-order valence-electron chi connectivity index (χ0n) is 16.7. The van der Waals surface area contributed by atoms with Gasteiger partial charge in [0.25, 0.3) is 5.91 Å². The number of fused-ring (bicyclic) bond motifs is 1. The molecule has 0 spiro atoms. The average molecular weight is 373 g/mol. The van der Waals surface area contributed by atoms with Crippen molar-refractivity contribution in [1.82, 2.24) is 4.90 Å². The second-order valence-electron chi connectivity index (χ2n) is 8.61. The van der Waals surface area contributed by atoms with Gasteiger partial charge in [0.1, 0.15) is 17.4 Å². The zero-order chi connectivity index (χ0) is 19.9. The zero-order valence-corrected chi connectivity index (χ0v) is 16.7. The van der Waals surface area contributed by atoms with Gasteiger partial charge in [0.2, 0.25) is 0 Å². The van der Waals surface area contributed by atoms with E-state index in [4.69, 9.17) is 0 Å². The van der Waals surface area contributed by atoms with Crippen molar-refractivity contribution in [3.05, 3.63) is 35.6 Å². The van der Waals surface area contributed by atoms with E-state index in [1.165, 1.54) is 11.9 Å². The Labute approximate surface area is 161 Å². The number of ketones is 1. The van der Waals surface area contributed by atoms with E-state index in [0.29, 0.717) is 11.8 Å². The summed E-state index contributed by atoms with van der Waals surface area (Å²) in [5.74, 6) is -0.00752. The molecule has 0 bridgehead atoms. The van der Waals surface area contributed by atoms with Crippen LogP contribution in [0.3, 0.4) is 0 Å². The molecule has 2 aliphatic carbocycles. The van der Waals surface area contributed by atoms with Crippen molar-refractivity contribution in [3.63, 3.8) is 0 Å². The van der Waals surface area contributed by atoms with E-state index < -0.39 is 29.8 Å². The van der Waals surface area contributed by atoms with Crippen LogP contribution in [-0.2, 0) is 9.59 Å². The van der Waals surface area contributed by atoms with Crippen molar-refractivity contribution in [2.75, 3.05) is 13.7 Å². The lowest BCUT2D eigenvalue weighted by Crippen LogP contribution is -2.45. The van der Waals surface area contributed by atoms with Gasteiger partial charge in [-0.25, -0.2) is 0 Å². The molecule has 1 saturated carbocycles. The summed E-state index contributed by atoms with van der Waals surface area (Å²) in [5, 5.41) is 20.9. The summed E-state index contributed by atoms with van der Waals surface area (Å²) < 4.78 is 0. The Morgan fingerprint density at radius 2 is 2.04 bits per heavy atom. The first-order valence-corrected chi connectivity index (χ1v) is 9.94. The maximum Gasteiger partial charge on any atom is 0.261 e. The molecule has 0 aromatic carbocycles. The highest BCUT2D eigenvalue weighted by atomic mass is 16.3. The minimum atomic E-state index is -0.903. The van der Waals surface area contributed by atoms with Crippen LogP contribution >= 0.6 is 0 Å². The number of aliphatic hydroxyl groups is 2. The lowest BCUT2D eigenvalue weighted by molar-refractivity contribution is -0.126. The molecule has 0 unspecified atom stereocenters. The summed E-state index contributed by atoms with van der Waals surface area (Å²) in [6, 6.07) is -0.903. The van der Waals surface area contributed by atoms with Gasteiger partial charge in [0.15, 0.2) is 5.78 Å². The summed E-state index contributed by atoms with van der Waals surface area (Å²) in [7, 11) is 1.50. The van der Waals surface area contributed by atoms with E-state index in [1.807, 2.05) is 26.0 Å². The second-order valence-corrected chi connectivity index (χ2v) is 8.61. The predicted octanol–water partition coefficient (Wildman–Crippen LogP) is 3.02. The Hall–Kier alpha value is -1.88. The van der Waals surface area contributed by atoms with Crippen LogP contribution in [0.5, 0.6) is 0 Å². The second kappa shape index (κ2) is 7.27. The third-order valence-electron chi connectivity index (χ3n) is 7.06. The molecule has 5 heteroatoms. The summed E-state index contributed by atoms with van der Waals surface area (Å²) in [5.41, 5.74) is -0.848. The SMILES string of the molecule is C/C=C/[C@H]1C=C[C@H]2C[C@H](C)CC[C@H]2[C@]1(C)/C(O)=C1\C(=O)[C@H](CO)N(C)C1=O. The van der Waals surface area contributed by atoms with Crippen LogP contribution < -0.4 is 0 Å². The number of hydrogen-bond acceptors (Lipinski definition) is 4. The van der Waals surface area contributed by atoms with Gasteiger partial charge in [-0.05, 0) is 37.5 Å². The maximum atomic E-state index is 12.8. The Morgan fingerprint density at radius 1 is 1.33 bits per heavy atom. The van der Waals surface area contributed by atoms with Crippen molar-refractivity contribution in [1.29, 1.82) is 0 Å². The van der Waals surface area contributed by atoms with Crippen LogP contribution in [-0.4, -0.2) is 46.5 Å². The first-order chi connectivity index (χ1) is 12.8. The van der Waals surface area contributed by atoms with E-state index in [0.717, 1.165) is 19.3 Å². The average Bonchev–Trinajstić information content (AvgIpc) is 2.85. The van der Waals surface area contributed by atoms with Crippen LogP contribution in [0.25, 0.3) is 0 Å². The van der Waals surface area contributed by atoms with Gasteiger partial charge in [-0.1, -0.05) is 44.6 Å². The number of allylic oxidation sites excluding steroid dienone is 5. The summed E-state index contributed by atoms with van der Waals surface area (Å²) >= 11 is 0. The monoisotopic (exact) mass is 373 g/mol. The largest absolute Gasteiger partial charge is 0.511 e. The fourth-order valence-corrected chi connectivity index (χ4v) is 5.35. The van der Waals surface area contributed by atoms with E-state index >= 15 is 0 Å². The molecule has 27 heavy (non-hydrogen) atoms. The third-order valence-corrected chi connectivity index (χ3v) is 7.06. The van der Waals surface area contributed by atoms with E-state index in [9.17, 15) is 19.8 Å². The number of carbonyl (C=O) groups is 2. The van der Waals surface area contributed by atoms with E-state index in [2.05, 4.69) is 19.1 Å². The van der Waals surface area contributed by atoms with Crippen molar-refractivity contribution >= 4 is 11.7 Å². The maximum absolute atomic E-state index is 12.8. The topological polar surface area (TPSA) is 77.8 Å². The highest BCUT2D eigenvalue weighted by molar-refractivity contribution is 6.26. The molecule has 6 atom stereocenters. The first-order valence-electron chi connectivity index (χ1n) is 9.94. The van der Waals surface area contributed by atoms with Gasteiger partial charge in [-0.3, -0.25) is 9.59 Å². The highest BCUT2D eigenvalue weighted by Gasteiger charge is 2.53. The quantitative estimate of drug-likeness (QED) is 0.345. The normalized spacial score (nSPS) is 41.4.